The Morgan fingerprint density at radius 1 is 0.771 bits per heavy atom. The largest absolute Gasteiger partial charge is 0.395 e. The average molecular weight is 534 g/mol. The third kappa shape index (κ3) is 4.79. The lowest BCUT2D eigenvalue weighted by Gasteiger charge is -2.64. The van der Waals surface area contributed by atoms with Gasteiger partial charge >= 0.3 is 0 Å². The molecular formula is C18H32ClN3O13. The summed E-state index contributed by atoms with van der Waals surface area (Å²) in [5.74, 6) is -14.5. The van der Waals surface area contributed by atoms with Crippen molar-refractivity contribution in [2.75, 3.05) is 13.2 Å². The Balaban J connectivity index is 4.60. The highest BCUT2D eigenvalue weighted by molar-refractivity contribution is 6.30. The van der Waals surface area contributed by atoms with Gasteiger partial charge in [0.05, 0.1) is 6.61 Å². The molecule has 35 heavy (non-hydrogen) atoms. The van der Waals surface area contributed by atoms with Gasteiger partial charge in [-0.05, 0) is 17.7 Å². The molecule has 0 fully saturated rings. The zero-order chi connectivity index (χ0) is 28.1. The van der Waals surface area contributed by atoms with Crippen molar-refractivity contribution in [1.29, 1.82) is 0 Å². The maximum Gasteiger partial charge on any atom is 0.294 e. The summed E-state index contributed by atoms with van der Waals surface area (Å²) in [6, 6.07) is -5.16. The zero-order valence-electron chi connectivity index (χ0n) is 18.6. The van der Waals surface area contributed by atoms with Gasteiger partial charge in [0, 0.05) is 10.9 Å². The molecule has 16 nitrogen and oxygen atoms in total. The fourth-order valence-electron chi connectivity index (χ4n) is 3.93. The van der Waals surface area contributed by atoms with Gasteiger partial charge in [-0.1, -0.05) is 37.6 Å². The number of nitrogens with two attached hydrogens (primary N) is 2. The standard InChI is InChI=1S/C18H32ClN3O13/c1-9(2)14(27,28)15(29,22(17(20,32)33)18(21,34)35)12(7-23,10-3-5-11(19)6-4-10)16(30,31)13(25,26)8-24/h3-6,9,23-35H,7-8,20-21H2,1-2H3. The van der Waals surface area contributed by atoms with Crippen LogP contribution >= 0.6 is 11.6 Å². The van der Waals surface area contributed by atoms with Crippen LogP contribution in [-0.2, 0) is 5.41 Å². The lowest BCUT2D eigenvalue weighted by atomic mass is 9.59. The van der Waals surface area contributed by atoms with E-state index >= 15 is 0 Å². The van der Waals surface area contributed by atoms with Crippen molar-refractivity contribution in [2.45, 2.75) is 54.4 Å². The lowest BCUT2D eigenvalue weighted by Crippen LogP contribution is -2.91. The highest BCUT2D eigenvalue weighted by Gasteiger charge is 2.81. The topological polar surface area (TPSA) is 318 Å². The molecule has 2 unspecified atom stereocenters. The van der Waals surface area contributed by atoms with Gasteiger partial charge in [0.1, 0.15) is 12.0 Å². The van der Waals surface area contributed by atoms with E-state index in [1.807, 2.05) is 0 Å². The summed E-state index contributed by atoms with van der Waals surface area (Å²) in [6.07, 6.45) is 0. The molecule has 0 amide bonds. The molecule has 0 saturated heterocycles. The van der Waals surface area contributed by atoms with Crippen LogP contribution in [0, 0.1) is 5.92 Å². The summed E-state index contributed by atoms with van der Waals surface area (Å²) in [6.45, 7) is -2.12. The third-order valence-electron chi connectivity index (χ3n) is 5.84. The molecule has 0 saturated carbocycles. The normalized spacial score (nSPS) is 18.1. The summed E-state index contributed by atoms with van der Waals surface area (Å²) >= 11 is 5.80. The summed E-state index contributed by atoms with van der Waals surface area (Å²) < 4.78 is 0. The van der Waals surface area contributed by atoms with Gasteiger partial charge in [-0.15, -0.1) is 4.90 Å². The molecule has 17 N–H and O–H groups in total. The predicted octanol–water partition coefficient (Wildman–Crippen LogP) is -6.64. The van der Waals surface area contributed by atoms with E-state index < -0.39 is 70.2 Å². The molecule has 0 spiro atoms. The minimum Gasteiger partial charge on any atom is -0.395 e. The first kappa shape index (κ1) is 31.9. The van der Waals surface area contributed by atoms with Gasteiger partial charge in [0.2, 0.25) is 23.1 Å². The SMILES string of the molecule is CC(C)C(O)(O)C(O)(N(C(N)(O)O)C(N)(O)O)C(CO)(c1ccc(Cl)cc1)C(O)(O)C(O)(O)CO. The molecule has 0 aliphatic heterocycles. The maximum absolute atomic E-state index is 11.9. The third-order valence-corrected chi connectivity index (χ3v) is 6.10. The van der Waals surface area contributed by atoms with Crippen LogP contribution in [0.2, 0.25) is 5.02 Å². The monoisotopic (exact) mass is 533 g/mol. The Kier molecular flexibility index (Phi) is 8.78. The Morgan fingerprint density at radius 2 is 1.17 bits per heavy atom. The van der Waals surface area contributed by atoms with Gasteiger partial charge < -0.3 is 66.4 Å². The first-order chi connectivity index (χ1) is 15.4. The maximum atomic E-state index is 11.9. The van der Waals surface area contributed by atoms with Crippen LogP contribution in [0.15, 0.2) is 24.3 Å². The van der Waals surface area contributed by atoms with Crippen LogP contribution in [0.5, 0.6) is 0 Å². The number of aliphatic hydroxyl groups is 13. The van der Waals surface area contributed by atoms with Gasteiger partial charge in [-0.25, -0.2) is 0 Å². The molecule has 1 aromatic carbocycles. The second kappa shape index (κ2) is 9.63. The van der Waals surface area contributed by atoms with E-state index in [9.17, 15) is 66.4 Å². The smallest absolute Gasteiger partial charge is 0.294 e. The molecule has 0 heterocycles. The Morgan fingerprint density at radius 3 is 1.46 bits per heavy atom. The van der Waals surface area contributed by atoms with E-state index in [0.29, 0.717) is 0 Å². The quantitative estimate of drug-likeness (QED) is 0.117. The van der Waals surface area contributed by atoms with Crippen LogP contribution in [-0.4, -0.2) is 120 Å². The fourth-order valence-corrected chi connectivity index (χ4v) is 4.06. The number of halogens is 1. The minimum atomic E-state index is -4.55. The van der Waals surface area contributed by atoms with Crippen molar-refractivity contribution < 1.29 is 66.4 Å². The molecule has 1 aromatic rings. The predicted molar refractivity (Wildman–Crippen MR) is 113 cm³/mol. The molecule has 0 aromatic heterocycles. The summed E-state index contributed by atoms with van der Waals surface area (Å²) in [4.78, 5) is -1.06. The molecule has 0 radical (unpaired) electrons. The summed E-state index contributed by atoms with van der Waals surface area (Å²) in [7, 11) is 0. The molecule has 0 bridgehead atoms. The van der Waals surface area contributed by atoms with Crippen molar-refractivity contribution in [2.24, 2.45) is 17.4 Å². The van der Waals surface area contributed by atoms with Crippen molar-refractivity contribution in [3.8, 4) is 0 Å². The lowest BCUT2D eigenvalue weighted by molar-refractivity contribution is -0.519. The molecule has 2 atom stereocenters. The second-order valence-electron chi connectivity index (χ2n) is 8.48. The van der Waals surface area contributed by atoms with Gasteiger partial charge in [-0.2, -0.15) is 0 Å². The Bertz CT molecular complexity index is 856. The van der Waals surface area contributed by atoms with E-state index in [2.05, 4.69) is 0 Å². The number of benzene rings is 1. The van der Waals surface area contributed by atoms with Crippen LogP contribution in [0.4, 0.5) is 0 Å². The van der Waals surface area contributed by atoms with Crippen LogP contribution in [0.3, 0.4) is 0 Å². The zero-order valence-corrected chi connectivity index (χ0v) is 19.4. The highest BCUT2D eigenvalue weighted by Crippen LogP contribution is 2.55. The first-order valence-corrected chi connectivity index (χ1v) is 10.1. The number of hydrogen-bond acceptors (Lipinski definition) is 16. The fraction of sp³-hybridized carbons (Fsp3) is 0.667. The van der Waals surface area contributed by atoms with Crippen molar-refractivity contribution >= 4 is 11.6 Å². The number of aliphatic hydroxyl groups excluding tert-OH is 2. The van der Waals surface area contributed by atoms with E-state index in [1.165, 1.54) is 0 Å². The van der Waals surface area contributed by atoms with E-state index in [1.54, 1.807) is 0 Å². The van der Waals surface area contributed by atoms with E-state index in [-0.39, 0.29) is 5.02 Å². The highest BCUT2D eigenvalue weighted by atomic mass is 35.5. The van der Waals surface area contributed by atoms with Gasteiger partial charge in [0.25, 0.3) is 12.1 Å². The molecule has 17 heteroatoms. The molecule has 0 aliphatic carbocycles. The molecule has 204 valence electrons. The van der Waals surface area contributed by atoms with E-state index in [0.717, 1.165) is 38.1 Å². The minimum absolute atomic E-state index is 0.0676. The molecular weight excluding hydrogens is 502 g/mol. The van der Waals surface area contributed by atoms with Crippen LogP contribution in [0.1, 0.15) is 19.4 Å². The van der Waals surface area contributed by atoms with Crippen molar-refractivity contribution in [1.82, 2.24) is 4.90 Å². The van der Waals surface area contributed by atoms with Crippen molar-refractivity contribution in [3.05, 3.63) is 34.9 Å². The van der Waals surface area contributed by atoms with Crippen molar-refractivity contribution in [3.63, 3.8) is 0 Å². The number of hydrogen-bond donors (Lipinski definition) is 15. The van der Waals surface area contributed by atoms with E-state index in [4.69, 9.17) is 23.1 Å². The van der Waals surface area contributed by atoms with Crippen LogP contribution in [0.25, 0.3) is 0 Å². The Hall–Kier alpha value is -1.13. The summed E-state index contributed by atoms with van der Waals surface area (Å²) in [5.41, 5.74) is 0.873. The first-order valence-electron chi connectivity index (χ1n) is 9.75. The summed E-state index contributed by atoms with van der Waals surface area (Å²) in [5, 5.41) is 137. The number of rotatable bonds is 11. The molecule has 1 rings (SSSR count). The molecule has 0 aliphatic rings. The second-order valence-corrected chi connectivity index (χ2v) is 8.92. The number of nitrogens with zero attached hydrogens (tertiary/aromatic N) is 1. The Labute approximate surface area is 203 Å². The average Bonchev–Trinajstić information content (AvgIpc) is 2.67. The van der Waals surface area contributed by atoms with Crippen LogP contribution < -0.4 is 11.5 Å². The van der Waals surface area contributed by atoms with Gasteiger partial charge in [0.15, 0.2) is 0 Å². The van der Waals surface area contributed by atoms with Gasteiger partial charge in [-0.3, -0.25) is 11.5 Å².